The molecule has 0 fully saturated rings. The largest absolute Gasteiger partial charge is 0.279 e. The summed E-state index contributed by atoms with van der Waals surface area (Å²) in [4.78, 5) is 0. The molecule has 0 aromatic carbocycles. The van der Waals surface area contributed by atoms with Crippen LogP contribution in [0.1, 0.15) is 41.5 Å². The van der Waals surface area contributed by atoms with Crippen LogP contribution in [0, 0.1) is 10.8 Å². The van der Waals surface area contributed by atoms with Gasteiger partial charge in [-0.1, -0.05) is 41.5 Å². The average Bonchev–Trinajstić information content (AvgIpc) is 1.96. The first kappa shape index (κ1) is 15.9. The normalized spacial score (nSPS) is 14.5. The summed E-state index contributed by atoms with van der Waals surface area (Å²) < 4.78 is 27.7. The van der Waals surface area contributed by atoms with Crippen molar-refractivity contribution in [2.45, 2.75) is 41.5 Å². The molecule has 0 aromatic heterocycles. The Morgan fingerprint density at radius 1 is 1.00 bits per heavy atom. The van der Waals surface area contributed by atoms with Crippen LogP contribution in [0.2, 0.25) is 0 Å². The fourth-order valence-electron chi connectivity index (χ4n) is 1.17. The highest BCUT2D eigenvalue weighted by atomic mass is 32.2. The van der Waals surface area contributed by atoms with Gasteiger partial charge in [0, 0.05) is 20.1 Å². The van der Waals surface area contributed by atoms with E-state index in [1.807, 2.05) is 41.5 Å². The van der Waals surface area contributed by atoms with Gasteiger partial charge in [-0.3, -0.25) is 0 Å². The van der Waals surface area contributed by atoms with Gasteiger partial charge in [-0.05, 0) is 10.8 Å². The molecule has 0 spiro atoms. The molecule has 1 N–H and O–H groups in total. The number of nitrogens with one attached hydrogen (secondary N) is 1. The van der Waals surface area contributed by atoms with Crippen molar-refractivity contribution in [3.63, 3.8) is 0 Å². The van der Waals surface area contributed by atoms with Gasteiger partial charge in [-0.15, -0.1) is 0 Å². The Morgan fingerprint density at radius 3 is 1.75 bits per heavy atom. The Morgan fingerprint density at radius 2 is 1.44 bits per heavy atom. The van der Waals surface area contributed by atoms with E-state index in [0.717, 1.165) is 0 Å². The number of rotatable bonds is 4. The molecule has 98 valence electrons. The van der Waals surface area contributed by atoms with Gasteiger partial charge in [0.25, 0.3) is 10.2 Å². The average molecular weight is 250 g/mol. The van der Waals surface area contributed by atoms with Gasteiger partial charge in [0.15, 0.2) is 0 Å². The molecule has 0 unspecified atom stereocenters. The first-order valence-corrected chi connectivity index (χ1v) is 6.98. The van der Waals surface area contributed by atoms with Crippen LogP contribution in [0.15, 0.2) is 0 Å². The third-order valence-electron chi connectivity index (χ3n) is 1.89. The highest BCUT2D eigenvalue weighted by molar-refractivity contribution is 7.87. The first-order valence-electron chi connectivity index (χ1n) is 5.54. The van der Waals surface area contributed by atoms with E-state index in [2.05, 4.69) is 4.72 Å². The van der Waals surface area contributed by atoms with Crippen molar-refractivity contribution in [1.29, 1.82) is 0 Å². The molecule has 0 saturated heterocycles. The van der Waals surface area contributed by atoms with Crippen LogP contribution in [-0.4, -0.2) is 32.9 Å². The van der Waals surface area contributed by atoms with Crippen molar-refractivity contribution in [2.24, 2.45) is 10.8 Å². The van der Waals surface area contributed by atoms with E-state index in [1.54, 1.807) is 7.05 Å². The topological polar surface area (TPSA) is 49.4 Å². The maximum absolute atomic E-state index is 11.9. The maximum Gasteiger partial charge on any atom is 0.279 e. The monoisotopic (exact) mass is 250 g/mol. The van der Waals surface area contributed by atoms with Crippen LogP contribution in [0.3, 0.4) is 0 Å². The SMILES string of the molecule is CN(CC(C)(C)C)S(=O)(=O)NCC(C)(C)C. The third kappa shape index (κ3) is 7.19. The standard InChI is InChI=1S/C11H26N2O2S/c1-10(2,3)8-12-16(14,15)13(7)9-11(4,5)6/h12H,8-9H2,1-7H3. The van der Waals surface area contributed by atoms with Crippen LogP contribution in [-0.2, 0) is 10.2 Å². The minimum Gasteiger partial charge on any atom is -0.202 e. The van der Waals surface area contributed by atoms with Crippen molar-refractivity contribution < 1.29 is 8.42 Å². The number of nitrogens with zero attached hydrogens (tertiary/aromatic N) is 1. The Kier molecular flexibility index (Phi) is 4.98. The molecule has 0 atom stereocenters. The lowest BCUT2D eigenvalue weighted by Crippen LogP contribution is -2.44. The Hall–Kier alpha value is -0.130. The summed E-state index contributed by atoms with van der Waals surface area (Å²) in [5.74, 6) is 0. The lowest BCUT2D eigenvalue weighted by molar-refractivity contribution is 0.304. The van der Waals surface area contributed by atoms with E-state index < -0.39 is 10.2 Å². The van der Waals surface area contributed by atoms with E-state index in [0.29, 0.717) is 13.1 Å². The van der Waals surface area contributed by atoms with E-state index >= 15 is 0 Å². The molecule has 0 rings (SSSR count). The highest BCUT2D eigenvalue weighted by Crippen LogP contribution is 2.16. The molecule has 0 amide bonds. The lowest BCUT2D eigenvalue weighted by Gasteiger charge is -2.27. The van der Waals surface area contributed by atoms with Gasteiger partial charge >= 0.3 is 0 Å². The van der Waals surface area contributed by atoms with Gasteiger partial charge in [0.2, 0.25) is 0 Å². The Balaban J connectivity index is 4.45. The van der Waals surface area contributed by atoms with Gasteiger partial charge in [-0.2, -0.15) is 12.7 Å². The van der Waals surface area contributed by atoms with Crippen LogP contribution < -0.4 is 4.72 Å². The molecule has 5 heteroatoms. The first-order chi connectivity index (χ1) is 6.83. The van der Waals surface area contributed by atoms with Crippen LogP contribution >= 0.6 is 0 Å². The predicted octanol–water partition coefficient (Wildman–Crippen LogP) is 1.84. The zero-order valence-electron chi connectivity index (χ0n) is 11.6. The Bertz CT molecular complexity index is 310. The smallest absolute Gasteiger partial charge is 0.202 e. The quantitative estimate of drug-likeness (QED) is 0.828. The molecule has 0 aliphatic rings. The van der Waals surface area contributed by atoms with Gasteiger partial charge in [-0.25, -0.2) is 4.72 Å². The lowest BCUT2D eigenvalue weighted by atomic mass is 9.97. The molecule has 4 nitrogen and oxygen atoms in total. The minimum atomic E-state index is -3.34. The minimum absolute atomic E-state index is 0.0365. The van der Waals surface area contributed by atoms with Crippen LogP contribution in [0.25, 0.3) is 0 Å². The summed E-state index contributed by atoms with van der Waals surface area (Å²) in [6, 6.07) is 0. The van der Waals surface area contributed by atoms with E-state index in [-0.39, 0.29) is 10.8 Å². The molecule has 0 saturated carbocycles. The number of hydrogen-bond donors (Lipinski definition) is 1. The molecule has 0 bridgehead atoms. The van der Waals surface area contributed by atoms with Crippen molar-refractivity contribution >= 4 is 10.2 Å². The van der Waals surface area contributed by atoms with Gasteiger partial charge < -0.3 is 0 Å². The molecule has 0 heterocycles. The third-order valence-corrected chi connectivity index (χ3v) is 3.35. The summed E-state index contributed by atoms with van der Waals surface area (Å²) in [5, 5.41) is 0. The van der Waals surface area contributed by atoms with Gasteiger partial charge in [0.05, 0.1) is 0 Å². The highest BCUT2D eigenvalue weighted by Gasteiger charge is 2.24. The summed E-state index contributed by atoms with van der Waals surface area (Å²) in [7, 11) is -1.74. The molecular weight excluding hydrogens is 224 g/mol. The van der Waals surface area contributed by atoms with E-state index in [4.69, 9.17) is 0 Å². The van der Waals surface area contributed by atoms with Crippen molar-refractivity contribution in [3.05, 3.63) is 0 Å². The second-order valence-electron chi connectivity index (χ2n) is 6.70. The summed E-state index contributed by atoms with van der Waals surface area (Å²) in [6.07, 6.45) is 0. The molecule has 0 aliphatic carbocycles. The maximum atomic E-state index is 11.9. The second-order valence-corrected chi connectivity index (χ2v) is 8.57. The zero-order valence-corrected chi connectivity index (χ0v) is 12.4. The fraction of sp³-hybridized carbons (Fsp3) is 1.00. The molecule has 0 aliphatic heterocycles. The second kappa shape index (κ2) is 5.02. The summed E-state index contributed by atoms with van der Waals surface area (Å²) >= 11 is 0. The van der Waals surface area contributed by atoms with E-state index in [1.165, 1.54) is 4.31 Å². The fourth-order valence-corrected chi connectivity index (χ4v) is 2.56. The predicted molar refractivity (Wildman–Crippen MR) is 68.5 cm³/mol. The zero-order chi connectivity index (χ0) is 13.2. The van der Waals surface area contributed by atoms with Crippen LogP contribution in [0.4, 0.5) is 0 Å². The Labute approximate surface area is 101 Å². The molecule has 0 aromatic rings. The summed E-state index contributed by atoms with van der Waals surface area (Å²) in [5.41, 5.74) is -0.0825. The molecule has 0 radical (unpaired) electrons. The molecular formula is C11H26N2O2S. The van der Waals surface area contributed by atoms with Gasteiger partial charge in [0.1, 0.15) is 0 Å². The van der Waals surface area contributed by atoms with Crippen LogP contribution in [0.5, 0.6) is 0 Å². The molecule has 16 heavy (non-hydrogen) atoms. The van der Waals surface area contributed by atoms with E-state index in [9.17, 15) is 8.42 Å². The van der Waals surface area contributed by atoms with Crippen molar-refractivity contribution in [1.82, 2.24) is 9.03 Å². The number of hydrogen-bond acceptors (Lipinski definition) is 2. The van der Waals surface area contributed by atoms with Crippen molar-refractivity contribution in [2.75, 3.05) is 20.1 Å². The summed E-state index contributed by atoms with van der Waals surface area (Å²) in [6.45, 7) is 13.0. The van der Waals surface area contributed by atoms with Crippen molar-refractivity contribution in [3.8, 4) is 0 Å².